The Morgan fingerprint density at radius 1 is 0.972 bits per heavy atom. The molecule has 2 heterocycles. The highest BCUT2D eigenvalue weighted by Gasteiger charge is 2.42. The fraction of sp³-hybridized carbons (Fsp3) is 0.276. The SMILES string of the molecule is COc1cccc(C(=O)CN2C(=O)C(C)(C)Oc3ccc(C(=O)N4CCc5ccccc5C4)cc32)c1. The molecule has 184 valence electrons. The second-order valence-corrected chi connectivity index (χ2v) is 9.59. The van der Waals surface area contributed by atoms with Crippen molar-refractivity contribution in [3.63, 3.8) is 0 Å². The van der Waals surface area contributed by atoms with E-state index in [-0.39, 0.29) is 24.1 Å². The lowest BCUT2D eigenvalue weighted by Gasteiger charge is -2.38. The molecule has 0 unspecified atom stereocenters. The van der Waals surface area contributed by atoms with Gasteiger partial charge in [-0.3, -0.25) is 19.3 Å². The van der Waals surface area contributed by atoms with Crippen molar-refractivity contribution in [1.82, 2.24) is 4.90 Å². The Bertz CT molecular complexity index is 1360. The number of Topliss-reactive ketones (excluding diaryl/α,β-unsaturated/α-hetero) is 1. The van der Waals surface area contributed by atoms with Crippen LogP contribution < -0.4 is 14.4 Å². The van der Waals surface area contributed by atoms with Crippen LogP contribution in [-0.4, -0.2) is 48.3 Å². The molecule has 0 saturated carbocycles. The average Bonchev–Trinajstić information content (AvgIpc) is 2.90. The zero-order chi connectivity index (χ0) is 25.4. The van der Waals surface area contributed by atoms with E-state index in [1.165, 1.54) is 17.6 Å². The fourth-order valence-electron chi connectivity index (χ4n) is 4.74. The van der Waals surface area contributed by atoms with Gasteiger partial charge in [0.25, 0.3) is 11.8 Å². The van der Waals surface area contributed by atoms with E-state index in [2.05, 4.69) is 6.07 Å². The molecule has 0 spiro atoms. The summed E-state index contributed by atoms with van der Waals surface area (Å²) in [5.41, 5.74) is 2.55. The average molecular weight is 485 g/mol. The molecule has 0 fully saturated rings. The smallest absolute Gasteiger partial charge is 0.271 e. The molecule has 0 N–H and O–H groups in total. The molecule has 5 rings (SSSR count). The molecule has 2 aliphatic heterocycles. The minimum atomic E-state index is -1.15. The van der Waals surface area contributed by atoms with Crippen molar-refractivity contribution in [1.29, 1.82) is 0 Å². The number of hydrogen-bond acceptors (Lipinski definition) is 5. The van der Waals surface area contributed by atoms with Gasteiger partial charge in [0.05, 0.1) is 19.3 Å². The Morgan fingerprint density at radius 3 is 2.53 bits per heavy atom. The minimum Gasteiger partial charge on any atom is -0.497 e. The van der Waals surface area contributed by atoms with Crippen LogP contribution in [0.3, 0.4) is 0 Å². The summed E-state index contributed by atoms with van der Waals surface area (Å²) in [6, 6.07) is 20.0. The summed E-state index contributed by atoms with van der Waals surface area (Å²) in [7, 11) is 1.54. The normalized spacial score (nSPS) is 16.0. The third-order valence-electron chi connectivity index (χ3n) is 6.73. The van der Waals surface area contributed by atoms with E-state index in [1.807, 2.05) is 23.1 Å². The van der Waals surface area contributed by atoms with Crippen molar-refractivity contribution in [2.75, 3.05) is 25.1 Å². The highest BCUT2D eigenvalue weighted by atomic mass is 16.5. The van der Waals surface area contributed by atoms with Gasteiger partial charge < -0.3 is 14.4 Å². The lowest BCUT2D eigenvalue weighted by Crippen LogP contribution is -2.54. The first-order chi connectivity index (χ1) is 17.3. The molecule has 0 aliphatic carbocycles. The molecular formula is C29H28N2O5. The van der Waals surface area contributed by atoms with Gasteiger partial charge in [-0.05, 0) is 61.7 Å². The topological polar surface area (TPSA) is 76.1 Å². The van der Waals surface area contributed by atoms with Crippen molar-refractivity contribution in [2.24, 2.45) is 0 Å². The van der Waals surface area contributed by atoms with E-state index in [1.54, 1.807) is 56.3 Å². The molecule has 36 heavy (non-hydrogen) atoms. The van der Waals surface area contributed by atoms with Crippen LogP contribution in [-0.2, 0) is 17.8 Å². The Hall–Kier alpha value is -4.13. The third kappa shape index (κ3) is 4.33. The van der Waals surface area contributed by atoms with Crippen LogP contribution in [0.15, 0.2) is 66.7 Å². The van der Waals surface area contributed by atoms with Crippen molar-refractivity contribution in [3.8, 4) is 11.5 Å². The summed E-state index contributed by atoms with van der Waals surface area (Å²) in [5.74, 6) is 0.311. The zero-order valence-corrected chi connectivity index (χ0v) is 20.6. The lowest BCUT2D eigenvalue weighted by molar-refractivity contribution is -0.132. The van der Waals surface area contributed by atoms with Gasteiger partial charge in [-0.25, -0.2) is 0 Å². The van der Waals surface area contributed by atoms with Gasteiger partial charge in [0.2, 0.25) is 0 Å². The second kappa shape index (κ2) is 9.15. The van der Waals surface area contributed by atoms with Gasteiger partial charge in [0.1, 0.15) is 11.5 Å². The number of fused-ring (bicyclic) bond motifs is 2. The number of carbonyl (C=O) groups is 3. The van der Waals surface area contributed by atoms with Gasteiger partial charge in [0.15, 0.2) is 11.4 Å². The second-order valence-electron chi connectivity index (χ2n) is 9.59. The van der Waals surface area contributed by atoms with Crippen molar-refractivity contribution in [3.05, 3.63) is 89.0 Å². The molecule has 0 bridgehead atoms. The number of anilines is 1. The third-order valence-corrected chi connectivity index (χ3v) is 6.73. The van der Waals surface area contributed by atoms with Crippen LogP contribution in [0.5, 0.6) is 11.5 Å². The number of rotatable bonds is 5. The Morgan fingerprint density at radius 2 is 1.75 bits per heavy atom. The number of benzene rings is 3. The maximum atomic E-state index is 13.4. The maximum absolute atomic E-state index is 13.4. The monoisotopic (exact) mass is 484 g/mol. The van der Waals surface area contributed by atoms with Gasteiger partial charge >= 0.3 is 0 Å². The minimum absolute atomic E-state index is 0.122. The number of ether oxygens (including phenoxy) is 2. The highest BCUT2D eigenvalue weighted by Crippen LogP contribution is 2.39. The van der Waals surface area contributed by atoms with E-state index in [4.69, 9.17) is 9.47 Å². The number of hydrogen-bond donors (Lipinski definition) is 0. The Labute approximate surface area is 210 Å². The molecule has 0 saturated heterocycles. The van der Waals surface area contributed by atoms with Crippen LogP contribution in [0.2, 0.25) is 0 Å². The maximum Gasteiger partial charge on any atom is 0.271 e. The standard InChI is InChI=1S/C29H28N2O5/c1-29(2)28(34)31(18-25(32)20-9-6-10-23(15-20)35-3)24-16-21(11-12-26(24)36-29)27(33)30-14-13-19-7-4-5-8-22(19)17-30/h4-12,15-16H,13-14,17-18H2,1-3H3. The molecule has 0 atom stereocenters. The van der Waals surface area contributed by atoms with Gasteiger partial charge in [-0.15, -0.1) is 0 Å². The van der Waals surface area contributed by atoms with Gasteiger partial charge in [-0.2, -0.15) is 0 Å². The van der Waals surface area contributed by atoms with Crippen LogP contribution in [0.4, 0.5) is 5.69 Å². The fourth-order valence-corrected chi connectivity index (χ4v) is 4.74. The predicted molar refractivity (Wildman–Crippen MR) is 136 cm³/mol. The van der Waals surface area contributed by atoms with E-state index < -0.39 is 5.60 Å². The molecule has 2 aliphatic rings. The molecule has 2 amide bonds. The van der Waals surface area contributed by atoms with Crippen LogP contribution >= 0.6 is 0 Å². The quantitative estimate of drug-likeness (QED) is 0.506. The summed E-state index contributed by atoms with van der Waals surface area (Å²) < 4.78 is 11.2. The molecule has 0 aromatic heterocycles. The molecule has 7 heteroatoms. The van der Waals surface area contributed by atoms with E-state index in [9.17, 15) is 14.4 Å². The van der Waals surface area contributed by atoms with Crippen LogP contribution in [0, 0.1) is 0 Å². The summed E-state index contributed by atoms with van der Waals surface area (Å²) in [6.07, 6.45) is 0.795. The van der Waals surface area contributed by atoms with Crippen LogP contribution in [0.25, 0.3) is 0 Å². The van der Waals surface area contributed by atoms with E-state index in [0.717, 1.165) is 12.0 Å². The van der Waals surface area contributed by atoms with E-state index >= 15 is 0 Å². The summed E-state index contributed by atoms with van der Waals surface area (Å²) >= 11 is 0. The van der Waals surface area contributed by atoms with Crippen molar-refractivity contribution in [2.45, 2.75) is 32.4 Å². The van der Waals surface area contributed by atoms with Gasteiger partial charge in [0, 0.05) is 24.2 Å². The Balaban J connectivity index is 1.45. The highest BCUT2D eigenvalue weighted by molar-refractivity contribution is 6.10. The number of nitrogens with zero attached hydrogens (tertiary/aromatic N) is 2. The number of carbonyl (C=O) groups excluding carboxylic acids is 3. The summed E-state index contributed by atoms with van der Waals surface area (Å²) in [4.78, 5) is 43.2. The van der Waals surface area contributed by atoms with Crippen molar-refractivity contribution >= 4 is 23.3 Å². The molecule has 7 nitrogen and oxygen atoms in total. The lowest BCUT2D eigenvalue weighted by atomic mass is 9.98. The van der Waals surface area contributed by atoms with Gasteiger partial charge in [-0.1, -0.05) is 36.4 Å². The first kappa shape index (κ1) is 23.6. The number of amides is 2. The number of ketones is 1. The molecule has 3 aromatic carbocycles. The largest absolute Gasteiger partial charge is 0.497 e. The molecule has 0 radical (unpaired) electrons. The van der Waals surface area contributed by atoms with Crippen LogP contribution in [0.1, 0.15) is 45.7 Å². The first-order valence-corrected chi connectivity index (χ1v) is 11.9. The van der Waals surface area contributed by atoms with Crippen molar-refractivity contribution < 1.29 is 23.9 Å². The predicted octanol–water partition coefficient (Wildman–Crippen LogP) is 4.28. The molecule has 3 aromatic rings. The summed E-state index contributed by atoms with van der Waals surface area (Å²) in [5, 5.41) is 0. The molecular weight excluding hydrogens is 456 g/mol. The first-order valence-electron chi connectivity index (χ1n) is 11.9. The number of methoxy groups -OCH3 is 1. The van der Waals surface area contributed by atoms with E-state index in [0.29, 0.717) is 41.4 Å². The zero-order valence-electron chi connectivity index (χ0n) is 20.6. The Kier molecular flexibility index (Phi) is 6.00. The summed E-state index contributed by atoms with van der Waals surface area (Å²) in [6.45, 7) is 4.32.